The molecule has 1 aliphatic heterocycles. The Morgan fingerprint density at radius 2 is 2.08 bits per heavy atom. The van der Waals surface area contributed by atoms with Crippen LogP contribution in [0.4, 0.5) is 5.82 Å². The fourth-order valence-corrected chi connectivity index (χ4v) is 3.13. The fourth-order valence-electron chi connectivity index (χ4n) is 3.13. The molecule has 0 radical (unpaired) electrons. The highest BCUT2D eigenvalue weighted by atomic mass is 16.1. The van der Waals surface area contributed by atoms with Gasteiger partial charge in [0.05, 0.1) is 18.1 Å². The summed E-state index contributed by atoms with van der Waals surface area (Å²) in [7, 11) is 0. The van der Waals surface area contributed by atoms with Gasteiger partial charge >= 0.3 is 0 Å². The number of likely N-dealkylation sites (N-methyl/N-ethyl adjacent to an activating group) is 1. The van der Waals surface area contributed by atoms with Crippen LogP contribution in [0.15, 0.2) is 36.7 Å². The van der Waals surface area contributed by atoms with E-state index in [1.807, 2.05) is 24.3 Å². The van der Waals surface area contributed by atoms with Crippen molar-refractivity contribution in [3.05, 3.63) is 42.2 Å². The Morgan fingerprint density at radius 1 is 1.29 bits per heavy atom. The average molecular weight is 325 g/mol. The number of hydrogen-bond acceptors (Lipinski definition) is 5. The third kappa shape index (κ3) is 3.71. The van der Waals surface area contributed by atoms with Crippen LogP contribution in [-0.2, 0) is 0 Å². The monoisotopic (exact) mass is 325 g/mol. The van der Waals surface area contributed by atoms with Gasteiger partial charge < -0.3 is 11.1 Å². The van der Waals surface area contributed by atoms with Crippen molar-refractivity contribution in [2.24, 2.45) is 0 Å². The summed E-state index contributed by atoms with van der Waals surface area (Å²) in [6, 6.07) is 7.85. The van der Waals surface area contributed by atoms with Gasteiger partial charge in [-0.3, -0.25) is 14.7 Å². The van der Waals surface area contributed by atoms with Gasteiger partial charge in [-0.2, -0.15) is 0 Å². The minimum Gasteiger partial charge on any atom is -0.382 e. The van der Waals surface area contributed by atoms with E-state index in [4.69, 9.17) is 5.73 Å². The molecule has 1 unspecified atom stereocenters. The van der Waals surface area contributed by atoms with Gasteiger partial charge in [0.15, 0.2) is 0 Å². The number of nitrogens with zero attached hydrogens (tertiary/aromatic N) is 3. The van der Waals surface area contributed by atoms with Crippen molar-refractivity contribution in [1.82, 2.24) is 20.2 Å². The van der Waals surface area contributed by atoms with Crippen LogP contribution in [0.3, 0.4) is 0 Å². The Hall–Kier alpha value is -2.47. The molecule has 0 spiro atoms. The molecule has 0 aliphatic carbocycles. The van der Waals surface area contributed by atoms with Crippen LogP contribution >= 0.6 is 0 Å². The van der Waals surface area contributed by atoms with E-state index in [1.54, 1.807) is 6.20 Å². The molecule has 6 heteroatoms. The fraction of sp³-hybridized carbons (Fsp3) is 0.389. The maximum atomic E-state index is 12.3. The van der Waals surface area contributed by atoms with Crippen molar-refractivity contribution in [1.29, 1.82) is 0 Å². The van der Waals surface area contributed by atoms with Crippen LogP contribution in [0.25, 0.3) is 11.3 Å². The molecular weight excluding hydrogens is 302 g/mol. The molecule has 24 heavy (non-hydrogen) atoms. The predicted molar refractivity (Wildman–Crippen MR) is 94.5 cm³/mol. The van der Waals surface area contributed by atoms with E-state index in [0.29, 0.717) is 24.0 Å². The van der Waals surface area contributed by atoms with Gasteiger partial charge in [-0.25, -0.2) is 4.98 Å². The molecule has 3 rings (SSSR count). The van der Waals surface area contributed by atoms with Crippen LogP contribution in [0.1, 0.15) is 30.1 Å². The lowest BCUT2D eigenvalue weighted by atomic mass is 10.1. The van der Waals surface area contributed by atoms with Crippen molar-refractivity contribution in [2.45, 2.75) is 25.8 Å². The lowest BCUT2D eigenvalue weighted by molar-refractivity contribution is 0.0941. The van der Waals surface area contributed by atoms with Crippen LogP contribution in [-0.4, -0.2) is 46.5 Å². The molecule has 1 aromatic carbocycles. The highest BCUT2D eigenvalue weighted by Crippen LogP contribution is 2.18. The Kier molecular flexibility index (Phi) is 5.05. The van der Waals surface area contributed by atoms with Crippen molar-refractivity contribution in [3.63, 3.8) is 0 Å². The second kappa shape index (κ2) is 7.40. The number of likely N-dealkylation sites (tertiary alicyclic amines) is 1. The third-order valence-electron chi connectivity index (χ3n) is 4.52. The van der Waals surface area contributed by atoms with Crippen LogP contribution in [0.2, 0.25) is 0 Å². The van der Waals surface area contributed by atoms with E-state index in [1.165, 1.54) is 12.6 Å². The zero-order valence-electron chi connectivity index (χ0n) is 13.9. The summed E-state index contributed by atoms with van der Waals surface area (Å²) in [5, 5.41) is 3.05. The van der Waals surface area contributed by atoms with Gasteiger partial charge in [-0.05, 0) is 38.1 Å². The van der Waals surface area contributed by atoms with Gasteiger partial charge in [0.25, 0.3) is 5.91 Å². The molecular formula is C18H23N5O. The summed E-state index contributed by atoms with van der Waals surface area (Å²) >= 11 is 0. The quantitative estimate of drug-likeness (QED) is 0.877. The Balaban J connectivity index is 1.60. The van der Waals surface area contributed by atoms with Gasteiger partial charge in [0.2, 0.25) is 0 Å². The normalized spacial score (nSPS) is 17.8. The second-order valence-electron chi connectivity index (χ2n) is 6.04. The molecule has 2 aromatic rings. The summed E-state index contributed by atoms with van der Waals surface area (Å²) in [6.45, 7) is 5.04. The lowest BCUT2D eigenvalue weighted by Gasteiger charge is -2.22. The number of nitrogens with one attached hydrogen (secondary N) is 1. The molecule has 1 aliphatic rings. The summed E-state index contributed by atoms with van der Waals surface area (Å²) in [5.74, 6) is 0.357. The van der Waals surface area contributed by atoms with Crippen LogP contribution in [0, 0.1) is 0 Å². The Labute approximate surface area is 142 Å². The highest BCUT2D eigenvalue weighted by molar-refractivity contribution is 5.94. The van der Waals surface area contributed by atoms with E-state index in [2.05, 4.69) is 27.1 Å². The van der Waals surface area contributed by atoms with Crippen molar-refractivity contribution >= 4 is 11.7 Å². The number of nitrogen functional groups attached to an aromatic ring is 1. The Morgan fingerprint density at radius 3 is 2.75 bits per heavy atom. The molecule has 0 saturated carbocycles. The van der Waals surface area contributed by atoms with Crippen molar-refractivity contribution in [3.8, 4) is 11.3 Å². The van der Waals surface area contributed by atoms with E-state index in [9.17, 15) is 4.79 Å². The first-order chi connectivity index (χ1) is 11.7. The maximum absolute atomic E-state index is 12.3. The van der Waals surface area contributed by atoms with E-state index in [-0.39, 0.29) is 5.91 Å². The molecule has 1 saturated heterocycles. The van der Waals surface area contributed by atoms with E-state index < -0.39 is 0 Å². The number of amides is 1. The maximum Gasteiger partial charge on any atom is 0.251 e. The number of aromatic nitrogens is 2. The second-order valence-corrected chi connectivity index (χ2v) is 6.04. The first-order valence-electron chi connectivity index (χ1n) is 8.37. The molecule has 1 fully saturated rings. The highest BCUT2D eigenvalue weighted by Gasteiger charge is 2.23. The zero-order valence-corrected chi connectivity index (χ0v) is 13.9. The lowest BCUT2D eigenvalue weighted by Crippen LogP contribution is -2.40. The van der Waals surface area contributed by atoms with E-state index >= 15 is 0 Å². The SMILES string of the molecule is CCN1CCCC1CNC(=O)c1ccc(-c2cnc(N)cn2)cc1. The molecule has 0 bridgehead atoms. The summed E-state index contributed by atoms with van der Waals surface area (Å²) in [4.78, 5) is 23.0. The first-order valence-corrected chi connectivity index (χ1v) is 8.37. The number of carbonyl (C=O) groups is 1. The average Bonchev–Trinajstić information content (AvgIpc) is 3.08. The number of rotatable bonds is 5. The smallest absolute Gasteiger partial charge is 0.251 e. The summed E-state index contributed by atoms with van der Waals surface area (Å²) < 4.78 is 0. The zero-order chi connectivity index (χ0) is 16.9. The van der Waals surface area contributed by atoms with Crippen molar-refractivity contribution in [2.75, 3.05) is 25.4 Å². The standard InChI is InChI=1S/C18H23N5O/c1-2-23-9-3-4-15(23)10-22-18(24)14-7-5-13(6-8-14)16-11-21-17(19)12-20-16/h5-8,11-12,15H,2-4,9-10H2,1H3,(H2,19,21)(H,22,24). The first kappa shape index (κ1) is 16.4. The number of carbonyl (C=O) groups excluding carboxylic acids is 1. The molecule has 1 atom stereocenters. The minimum absolute atomic E-state index is 0.0344. The van der Waals surface area contributed by atoms with Gasteiger partial charge in [-0.15, -0.1) is 0 Å². The van der Waals surface area contributed by atoms with Gasteiger partial charge in [0.1, 0.15) is 5.82 Å². The number of benzene rings is 1. The van der Waals surface area contributed by atoms with Gasteiger partial charge in [-0.1, -0.05) is 19.1 Å². The molecule has 126 valence electrons. The van der Waals surface area contributed by atoms with Gasteiger partial charge in [0, 0.05) is 23.7 Å². The molecule has 1 aromatic heterocycles. The molecule has 6 nitrogen and oxygen atoms in total. The third-order valence-corrected chi connectivity index (χ3v) is 4.52. The molecule has 1 amide bonds. The predicted octanol–water partition coefficient (Wildman–Crippen LogP) is 1.94. The largest absolute Gasteiger partial charge is 0.382 e. The number of anilines is 1. The van der Waals surface area contributed by atoms with Crippen molar-refractivity contribution < 1.29 is 4.79 Å². The number of nitrogens with two attached hydrogens (primary N) is 1. The van der Waals surface area contributed by atoms with E-state index in [0.717, 1.165) is 30.8 Å². The summed E-state index contributed by atoms with van der Waals surface area (Å²) in [5.41, 5.74) is 7.85. The Bertz CT molecular complexity index is 684. The topological polar surface area (TPSA) is 84.1 Å². The number of hydrogen-bond donors (Lipinski definition) is 2. The summed E-state index contributed by atoms with van der Waals surface area (Å²) in [6.07, 6.45) is 5.52. The molecule has 2 heterocycles. The molecule has 3 N–H and O–H groups in total. The van der Waals surface area contributed by atoms with Crippen LogP contribution in [0.5, 0.6) is 0 Å². The van der Waals surface area contributed by atoms with Crippen LogP contribution < -0.4 is 11.1 Å². The minimum atomic E-state index is -0.0344.